The minimum Gasteiger partial charge on any atom is -0.384 e. The smallest absolute Gasteiger partial charge is 0.237 e. The second-order valence-electron chi connectivity index (χ2n) is 5.16. The molecule has 1 fully saturated rings. The number of carbonyl (C=O) groups is 1. The highest BCUT2D eigenvalue weighted by Crippen LogP contribution is 2.46. The molecule has 16 heavy (non-hydrogen) atoms. The van der Waals surface area contributed by atoms with Crippen molar-refractivity contribution in [1.82, 2.24) is 4.98 Å². The summed E-state index contributed by atoms with van der Waals surface area (Å²) in [5, 5.41) is 0. The van der Waals surface area contributed by atoms with Crippen molar-refractivity contribution in [3.05, 3.63) is 17.8 Å². The van der Waals surface area contributed by atoms with E-state index in [0.717, 1.165) is 24.1 Å². The summed E-state index contributed by atoms with van der Waals surface area (Å²) in [4.78, 5) is 18.3. The van der Waals surface area contributed by atoms with E-state index in [9.17, 15) is 4.79 Å². The van der Waals surface area contributed by atoms with Crippen LogP contribution in [0.2, 0.25) is 0 Å². The fraction of sp³-hybridized carbons (Fsp3) is 0.500. The van der Waals surface area contributed by atoms with Crippen LogP contribution in [0.15, 0.2) is 12.3 Å². The number of anilines is 2. The predicted molar refractivity (Wildman–Crippen MR) is 62.2 cm³/mol. The summed E-state index contributed by atoms with van der Waals surface area (Å²) in [6, 6.07) is 2.20. The molecule has 1 aliphatic carbocycles. The van der Waals surface area contributed by atoms with Crippen LogP contribution in [-0.2, 0) is 10.2 Å². The number of fused-ring (bicyclic) bond motifs is 1. The largest absolute Gasteiger partial charge is 0.384 e. The van der Waals surface area contributed by atoms with Gasteiger partial charge in [0.1, 0.15) is 5.82 Å². The lowest BCUT2D eigenvalue weighted by Gasteiger charge is -2.19. The standard InChI is InChI=1S/C12H15N3O/c1-12(2)8-6-14-10(13)5-9(8)15(11(12)16)7-3-4-7/h5-7H,3-4H2,1-2H3,(H2,13,14). The normalized spacial score (nSPS) is 22.4. The lowest BCUT2D eigenvalue weighted by Crippen LogP contribution is -2.37. The number of rotatable bonds is 1. The van der Waals surface area contributed by atoms with E-state index in [1.54, 1.807) is 6.20 Å². The van der Waals surface area contributed by atoms with Gasteiger partial charge in [-0.2, -0.15) is 0 Å². The van der Waals surface area contributed by atoms with Crippen molar-refractivity contribution in [1.29, 1.82) is 0 Å². The number of nitrogen functional groups attached to an aromatic ring is 1. The van der Waals surface area contributed by atoms with Crippen LogP contribution in [0.5, 0.6) is 0 Å². The summed E-state index contributed by atoms with van der Waals surface area (Å²) < 4.78 is 0. The zero-order chi connectivity index (χ0) is 11.5. The van der Waals surface area contributed by atoms with Gasteiger partial charge >= 0.3 is 0 Å². The molecule has 1 aromatic heterocycles. The Morgan fingerprint density at radius 1 is 1.50 bits per heavy atom. The van der Waals surface area contributed by atoms with Crippen LogP contribution in [0.1, 0.15) is 32.3 Å². The van der Waals surface area contributed by atoms with E-state index in [1.807, 2.05) is 24.8 Å². The Morgan fingerprint density at radius 2 is 2.19 bits per heavy atom. The first kappa shape index (κ1) is 9.63. The maximum Gasteiger partial charge on any atom is 0.237 e. The van der Waals surface area contributed by atoms with Gasteiger partial charge in [-0.15, -0.1) is 0 Å². The molecule has 1 saturated carbocycles. The van der Waals surface area contributed by atoms with Gasteiger partial charge in [0.25, 0.3) is 0 Å². The first-order valence-corrected chi connectivity index (χ1v) is 5.61. The lowest BCUT2D eigenvalue weighted by atomic mass is 9.87. The van der Waals surface area contributed by atoms with E-state index in [-0.39, 0.29) is 5.91 Å². The molecule has 4 nitrogen and oxygen atoms in total. The van der Waals surface area contributed by atoms with Crippen molar-refractivity contribution in [2.75, 3.05) is 10.6 Å². The Balaban J connectivity index is 2.19. The van der Waals surface area contributed by atoms with Crippen LogP contribution < -0.4 is 10.6 Å². The Bertz CT molecular complexity index is 477. The quantitative estimate of drug-likeness (QED) is 0.774. The topological polar surface area (TPSA) is 59.2 Å². The van der Waals surface area contributed by atoms with Gasteiger partial charge in [0, 0.05) is 23.9 Å². The highest BCUT2D eigenvalue weighted by molar-refractivity contribution is 6.08. The monoisotopic (exact) mass is 217 g/mol. The number of hydrogen-bond donors (Lipinski definition) is 1. The molecule has 0 saturated heterocycles. The van der Waals surface area contributed by atoms with Gasteiger partial charge in [-0.1, -0.05) is 0 Å². The number of aromatic nitrogens is 1. The molecular weight excluding hydrogens is 202 g/mol. The molecule has 1 aromatic rings. The number of nitrogens with two attached hydrogens (primary N) is 1. The van der Waals surface area contributed by atoms with Gasteiger partial charge in [0.15, 0.2) is 0 Å². The van der Waals surface area contributed by atoms with E-state index >= 15 is 0 Å². The number of hydrogen-bond acceptors (Lipinski definition) is 3. The number of pyridine rings is 1. The second kappa shape index (κ2) is 2.75. The average molecular weight is 217 g/mol. The molecule has 0 unspecified atom stereocenters. The van der Waals surface area contributed by atoms with Gasteiger partial charge in [-0.25, -0.2) is 4.98 Å². The van der Waals surface area contributed by atoms with Gasteiger partial charge < -0.3 is 10.6 Å². The van der Waals surface area contributed by atoms with E-state index in [0.29, 0.717) is 11.9 Å². The molecule has 0 radical (unpaired) electrons. The fourth-order valence-electron chi connectivity index (χ4n) is 2.36. The van der Waals surface area contributed by atoms with Crippen molar-refractivity contribution < 1.29 is 4.79 Å². The summed E-state index contributed by atoms with van der Waals surface area (Å²) in [6.45, 7) is 3.91. The Hall–Kier alpha value is -1.58. The Kier molecular flexibility index (Phi) is 1.66. The molecule has 1 aliphatic heterocycles. The van der Waals surface area contributed by atoms with Gasteiger partial charge in [0.05, 0.1) is 11.1 Å². The van der Waals surface area contributed by atoms with Crippen molar-refractivity contribution in [2.24, 2.45) is 0 Å². The van der Waals surface area contributed by atoms with Gasteiger partial charge in [-0.05, 0) is 26.7 Å². The molecule has 4 heteroatoms. The van der Waals surface area contributed by atoms with Crippen LogP contribution in [0.4, 0.5) is 11.5 Å². The highest BCUT2D eigenvalue weighted by atomic mass is 16.2. The third-order valence-electron chi connectivity index (χ3n) is 3.50. The summed E-state index contributed by atoms with van der Waals surface area (Å²) in [6.07, 6.45) is 3.94. The zero-order valence-corrected chi connectivity index (χ0v) is 9.53. The molecule has 0 atom stereocenters. The Morgan fingerprint density at radius 3 is 2.81 bits per heavy atom. The van der Waals surface area contributed by atoms with Crippen molar-refractivity contribution >= 4 is 17.4 Å². The third-order valence-corrected chi connectivity index (χ3v) is 3.50. The van der Waals surface area contributed by atoms with Crippen molar-refractivity contribution in [3.63, 3.8) is 0 Å². The Labute approximate surface area is 94.5 Å². The minimum absolute atomic E-state index is 0.178. The first-order chi connectivity index (χ1) is 7.51. The van der Waals surface area contributed by atoms with E-state index in [2.05, 4.69) is 4.98 Å². The van der Waals surface area contributed by atoms with Crippen molar-refractivity contribution in [2.45, 2.75) is 38.1 Å². The maximum atomic E-state index is 12.3. The summed E-state index contributed by atoms with van der Waals surface area (Å²) in [5.41, 5.74) is 7.20. The highest BCUT2D eigenvalue weighted by Gasteiger charge is 2.49. The van der Waals surface area contributed by atoms with Gasteiger partial charge in [0.2, 0.25) is 5.91 Å². The van der Waals surface area contributed by atoms with Crippen LogP contribution >= 0.6 is 0 Å². The molecule has 0 aromatic carbocycles. The minimum atomic E-state index is -0.460. The summed E-state index contributed by atoms with van der Waals surface area (Å²) >= 11 is 0. The van der Waals surface area contributed by atoms with Crippen LogP contribution in [0, 0.1) is 0 Å². The first-order valence-electron chi connectivity index (χ1n) is 5.61. The number of carbonyl (C=O) groups excluding carboxylic acids is 1. The molecule has 3 rings (SSSR count). The summed E-state index contributed by atoms with van der Waals surface area (Å²) in [5.74, 6) is 0.660. The average Bonchev–Trinajstić information content (AvgIpc) is 2.99. The molecular formula is C12H15N3O. The molecule has 1 amide bonds. The predicted octanol–water partition coefficient (Wildman–Crippen LogP) is 1.45. The second-order valence-corrected chi connectivity index (χ2v) is 5.16. The number of amides is 1. The van der Waals surface area contributed by atoms with E-state index < -0.39 is 5.41 Å². The molecule has 0 spiro atoms. The zero-order valence-electron chi connectivity index (χ0n) is 9.53. The molecule has 2 aliphatic rings. The maximum absolute atomic E-state index is 12.3. The van der Waals surface area contributed by atoms with Crippen LogP contribution in [0.3, 0.4) is 0 Å². The lowest BCUT2D eigenvalue weighted by molar-refractivity contribution is -0.122. The molecule has 0 bridgehead atoms. The fourth-order valence-corrected chi connectivity index (χ4v) is 2.36. The third kappa shape index (κ3) is 1.10. The van der Waals surface area contributed by atoms with Crippen molar-refractivity contribution in [3.8, 4) is 0 Å². The molecule has 2 heterocycles. The summed E-state index contributed by atoms with van der Waals surface area (Å²) in [7, 11) is 0. The van der Waals surface area contributed by atoms with Gasteiger partial charge in [-0.3, -0.25) is 4.79 Å². The SMILES string of the molecule is CC1(C)C(=O)N(C2CC2)c2cc(N)ncc21. The van der Waals surface area contributed by atoms with E-state index in [4.69, 9.17) is 5.73 Å². The van der Waals surface area contributed by atoms with E-state index in [1.165, 1.54) is 0 Å². The number of nitrogens with zero attached hydrogens (tertiary/aromatic N) is 2. The molecule has 2 N–H and O–H groups in total. The van der Waals surface area contributed by atoms with Crippen LogP contribution in [0.25, 0.3) is 0 Å². The molecule has 84 valence electrons. The van der Waals surface area contributed by atoms with Crippen LogP contribution in [-0.4, -0.2) is 16.9 Å².